The highest BCUT2D eigenvalue weighted by molar-refractivity contribution is 5.89. The van der Waals surface area contributed by atoms with Crippen LogP contribution in [0.5, 0.6) is 0 Å². The smallest absolute Gasteiger partial charge is 0.0645 e. The highest BCUT2D eigenvalue weighted by Gasteiger charge is 2.15. The van der Waals surface area contributed by atoms with E-state index in [1.165, 1.54) is 4.90 Å². The zero-order valence-corrected chi connectivity index (χ0v) is 25.4. The van der Waals surface area contributed by atoms with Crippen molar-refractivity contribution in [1.29, 1.82) is 0 Å². The lowest BCUT2D eigenvalue weighted by molar-refractivity contribution is 1.28. The molecule has 8 aromatic carbocycles. The molecule has 1 nitrogen and oxygen atoms in total. The van der Waals surface area contributed by atoms with Crippen LogP contribution in [0.2, 0.25) is 0 Å². The minimum atomic E-state index is -0.386. The van der Waals surface area contributed by atoms with Crippen LogP contribution in [0, 0.1) is 0 Å². The second-order valence-electron chi connectivity index (χ2n) is 11.2. The Labute approximate surface area is 287 Å². The zero-order chi connectivity index (χ0) is 38.4. The van der Waals surface area contributed by atoms with E-state index >= 15 is 0 Å². The quantitative estimate of drug-likeness (QED) is 0.174. The van der Waals surface area contributed by atoms with Gasteiger partial charge >= 0.3 is 0 Å². The summed E-state index contributed by atoms with van der Waals surface area (Å²) in [6.07, 6.45) is 0. The Kier molecular flexibility index (Phi) is 5.60. The van der Waals surface area contributed by atoms with E-state index in [1.807, 2.05) is 97.1 Å². The van der Waals surface area contributed by atoms with Gasteiger partial charge in [-0.3, -0.25) is 0 Å². The molecule has 1 heteroatoms. The van der Waals surface area contributed by atoms with Crippen molar-refractivity contribution in [2.45, 2.75) is 0 Å². The fraction of sp³-hybridized carbons (Fsp3) is 0. The molecular formula is C46H33N. The predicted molar refractivity (Wildman–Crippen MR) is 200 cm³/mol. The Morgan fingerprint density at radius 3 is 1.30 bits per heavy atom. The molecule has 222 valence electrons. The van der Waals surface area contributed by atoms with Gasteiger partial charge in [-0.2, -0.15) is 0 Å². The first-order valence-corrected chi connectivity index (χ1v) is 15.5. The summed E-state index contributed by atoms with van der Waals surface area (Å²) in [6, 6.07) is 44.5. The Morgan fingerprint density at radius 1 is 0.277 bits per heavy atom. The molecule has 47 heavy (non-hydrogen) atoms. The average Bonchev–Trinajstić information content (AvgIpc) is 3.22. The van der Waals surface area contributed by atoms with E-state index in [-0.39, 0.29) is 70.8 Å². The highest BCUT2D eigenvalue weighted by Crippen LogP contribution is 2.39. The van der Waals surface area contributed by atoms with Crippen LogP contribution in [0.1, 0.15) is 11.0 Å². The Morgan fingerprint density at radius 2 is 0.702 bits per heavy atom. The first-order valence-electron chi connectivity index (χ1n) is 19.5. The van der Waals surface area contributed by atoms with Crippen LogP contribution in [0.4, 0.5) is 17.1 Å². The first-order chi connectivity index (χ1) is 26.6. The summed E-state index contributed by atoms with van der Waals surface area (Å²) >= 11 is 0. The van der Waals surface area contributed by atoms with Crippen molar-refractivity contribution in [2.24, 2.45) is 0 Å². The summed E-state index contributed by atoms with van der Waals surface area (Å²) in [5, 5.41) is 2.11. The fourth-order valence-corrected chi connectivity index (χ4v) is 5.75. The van der Waals surface area contributed by atoms with Gasteiger partial charge in [-0.15, -0.1) is 0 Å². The summed E-state index contributed by atoms with van der Waals surface area (Å²) in [5.74, 6) is 0. The van der Waals surface area contributed by atoms with Crippen LogP contribution in [-0.2, 0) is 0 Å². The Bertz CT molecular complexity index is 2670. The molecule has 0 heterocycles. The molecule has 0 atom stereocenters. The summed E-state index contributed by atoms with van der Waals surface area (Å²) in [7, 11) is 0. The number of anilines is 3. The number of benzene rings is 8. The van der Waals surface area contributed by atoms with Gasteiger partial charge in [0.05, 0.1) is 11.0 Å². The Balaban J connectivity index is 1.35. The lowest BCUT2D eigenvalue weighted by Gasteiger charge is -2.26. The van der Waals surface area contributed by atoms with Gasteiger partial charge in [0.25, 0.3) is 0 Å². The SMILES string of the molecule is [2H]c1c([2H])c(N(c2cccc(-c3ccc4ccccc4c3)c2)c2c([2H])c([2H])c(-c3ccc(-c4ccccc4)cc3)c([2H])c2[2H])c([2H])c([2H])c1-c1ccccc1. The van der Waals surface area contributed by atoms with Crippen molar-refractivity contribution in [3.8, 4) is 44.5 Å². The van der Waals surface area contributed by atoms with Gasteiger partial charge in [-0.05, 0) is 97.6 Å². The molecular weight excluding hydrogens is 567 g/mol. The van der Waals surface area contributed by atoms with E-state index in [1.54, 1.807) is 48.5 Å². The molecule has 0 unspecified atom stereocenters. The normalized spacial score (nSPS) is 13.4. The first kappa shape index (κ1) is 20.8. The lowest BCUT2D eigenvalue weighted by atomic mass is 9.99. The largest absolute Gasteiger partial charge is 0.310 e. The lowest BCUT2D eigenvalue weighted by Crippen LogP contribution is -2.10. The highest BCUT2D eigenvalue weighted by atomic mass is 15.1. The molecule has 8 aromatic rings. The average molecular weight is 608 g/mol. The molecule has 0 bridgehead atoms. The zero-order valence-electron chi connectivity index (χ0n) is 33.4. The fourth-order valence-electron chi connectivity index (χ4n) is 5.75. The van der Waals surface area contributed by atoms with Crippen molar-refractivity contribution in [2.75, 3.05) is 4.90 Å². The predicted octanol–water partition coefficient (Wildman–Crippen LogP) is 13.0. The maximum Gasteiger partial charge on any atom is 0.0645 e. The molecule has 8 rings (SSSR count). The second-order valence-corrected chi connectivity index (χ2v) is 11.2. The molecule has 0 aliphatic carbocycles. The van der Waals surface area contributed by atoms with Crippen molar-refractivity contribution < 1.29 is 11.0 Å². The van der Waals surface area contributed by atoms with E-state index in [4.69, 9.17) is 2.74 Å². The summed E-state index contributed by atoms with van der Waals surface area (Å²) < 4.78 is 74.2. The third-order valence-corrected chi connectivity index (χ3v) is 8.20. The topological polar surface area (TPSA) is 3.24 Å². The molecule has 0 saturated heterocycles. The standard InChI is InChI=1S/C46H33N/c1-3-10-34(11-4-1)37-18-20-38(21-19-37)40-26-30-45(31-27-40)47(44-28-24-39(25-29-44)35-12-5-2-6-13-35)46-17-9-16-42(33-46)43-23-22-36-14-7-8-15-41(36)32-43/h1-33H/i24D,25D,26D,27D,28D,29D,30D,31D. The van der Waals surface area contributed by atoms with Crippen LogP contribution < -0.4 is 4.90 Å². The summed E-state index contributed by atoms with van der Waals surface area (Å²) in [4.78, 5) is 1.35. The van der Waals surface area contributed by atoms with Gasteiger partial charge in [0, 0.05) is 17.1 Å². The van der Waals surface area contributed by atoms with E-state index in [0.29, 0.717) is 16.8 Å². The Hall–Kier alpha value is -6.18. The van der Waals surface area contributed by atoms with E-state index < -0.39 is 0 Å². The van der Waals surface area contributed by atoms with Crippen molar-refractivity contribution in [3.05, 3.63) is 200 Å². The van der Waals surface area contributed by atoms with Gasteiger partial charge in [-0.1, -0.05) is 158 Å². The maximum atomic E-state index is 9.41. The number of rotatable bonds is 7. The van der Waals surface area contributed by atoms with Crippen molar-refractivity contribution in [3.63, 3.8) is 0 Å². The molecule has 0 fully saturated rings. The summed E-state index contributed by atoms with van der Waals surface area (Å²) in [5.41, 5.74) is 4.82. The number of hydrogen-bond donors (Lipinski definition) is 0. The van der Waals surface area contributed by atoms with E-state index in [0.717, 1.165) is 33.0 Å². The molecule has 0 spiro atoms. The van der Waals surface area contributed by atoms with Crippen LogP contribution in [-0.4, -0.2) is 0 Å². The third-order valence-electron chi connectivity index (χ3n) is 8.20. The molecule has 0 N–H and O–H groups in total. The van der Waals surface area contributed by atoms with E-state index in [9.17, 15) is 8.22 Å². The van der Waals surface area contributed by atoms with Crippen molar-refractivity contribution in [1.82, 2.24) is 0 Å². The molecule has 0 amide bonds. The van der Waals surface area contributed by atoms with Gasteiger partial charge in [-0.25, -0.2) is 0 Å². The maximum absolute atomic E-state index is 9.41. The van der Waals surface area contributed by atoms with Gasteiger partial charge in [0.15, 0.2) is 0 Å². The molecule has 0 aliphatic rings. The van der Waals surface area contributed by atoms with E-state index in [2.05, 4.69) is 6.07 Å². The molecule has 0 aliphatic heterocycles. The van der Waals surface area contributed by atoms with Crippen LogP contribution in [0.3, 0.4) is 0 Å². The minimum Gasteiger partial charge on any atom is -0.310 e. The van der Waals surface area contributed by atoms with Gasteiger partial charge in [0.2, 0.25) is 0 Å². The number of nitrogens with zero attached hydrogens (tertiary/aromatic N) is 1. The van der Waals surface area contributed by atoms with Crippen LogP contribution in [0.15, 0.2) is 200 Å². The van der Waals surface area contributed by atoms with Gasteiger partial charge < -0.3 is 4.90 Å². The number of hydrogen-bond acceptors (Lipinski definition) is 1. The molecule has 0 saturated carbocycles. The molecule has 0 aromatic heterocycles. The van der Waals surface area contributed by atoms with Crippen LogP contribution >= 0.6 is 0 Å². The van der Waals surface area contributed by atoms with Crippen LogP contribution in [0.25, 0.3) is 55.3 Å². The summed E-state index contributed by atoms with van der Waals surface area (Å²) in [6.45, 7) is 0. The third kappa shape index (κ3) is 5.95. The molecule has 0 radical (unpaired) electrons. The van der Waals surface area contributed by atoms with Crippen molar-refractivity contribution >= 4 is 27.8 Å². The second kappa shape index (κ2) is 12.7. The minimum absolute atomic E-state index is 0.113. The number of fused-ring (bicyclic) bond motifs is 1. The monoisotopic (exact) mass is 607 g/mol. The van der Waals surface area contributed by atoms with Gasteiger partial charge in [0.1, 0.15) is 0 Å².